The molecule has 0 bridgehead atoms. The Morgan fingerprint density at radius 1 is 1.37 bits per heavy atom. The number of H-pyrrole nitrogens is 1. The van der Waals surface area contributed by atoms with Crippen LogP contribution in [0.2, 0.25) is 0 Å². The first-order valence-corrected chi connectivity index (χ1v) is 7.07. The topological polar surface area (TPSA) is 62.8 Å². The molecule has 0 amide bonds. The van der Waals surface area contributed by atoms with Gasteiger partial charge >= 0.3 is 0 Å². The molecule has 2 aromatic rings. The Balaban J connectivity index is 1.43. The Bertz CT molecular complexity index is 519. The number of fused-ring (bicyclic) bond motifs is 1. The Kier molecular flexibility index (Phi) is 3.93. The zero-order chi connectivity index (χ0) is 12.9. The number of rotatable bonds is 6. The minimum Gasteiger partial charge on any atom is -0.378 e. The Hall–Kier alpha value is -1.62. The Morgan fingerprint density at radius 3 is 3.26 bits per heavy atom. The van der Waals surface area contributed by atoms with Crippen molar-refractivity contribution in [2.75, 3.05) is 18.5 Å². The first-order chi connectivity index (χ1) is 9.43. The Morgan fingerprint density at radius 2 is 2.37 bits per heavy atom. The lowest BCUT2D eigenvalue weighted by Crippen LogP contribution is -2.07. The van der Waals surface area contributed by atoms with E-state index in [-0.39, 0.29) is 0 Å². The van der Waals surface area contributed by atoms with Crippen LogP contribution in [0.15, 0.2) is 18.6 Å². The van der Waals surface area contributed by atoms with Gasteiger partial charge in [0.15, 0.2) is 0 Å². The van der Waals surface area contributed by atoms with Gasteiger partial charge in [0.25, 0.3) is 0 Å². The molecular weight excluding hydrogens is 240 g/mol. The number of hydrogen-bond acceptors (Lipinski definition) is 4. The summed E-state index contributed by atoms with van der Waals surface area (Å²) >= 11 is 0. The van der Waals surface area contributed by atoms with Gasteiger partial charge in [0.05, 0.1) is 11.5 Å². The molecule has 5 heteroatoms. The molecule has 2 N–H and O–H groups in total. The van der Waals surface area contributed by atoms with Crippen LogP contribution >= 0.6 is 0 Å². The molecule has 0 spiro atoms. The lowest BCUT2D eigenvalue weighted by molar-refractivity contribution is 0.102. The summed E-state index contributed by atoms with van der Waals surface area (Å²) in [5.41, 5.74) is 0.886. The van der Waals surface area contributed by atoms with Crippen molar-refractivity contribution in [2.24, 2.45) is 0 Å². The summed E-state index contributed by atoms with van der Waals surface area (Å²) < 4.78 is 5.62. The lowest BCUT2D eigenvalue weighted by Gasteiger charge is -2.09. The van der Waals surface area contributed by atoms with Gasteiger partial charge in [0.1, 0.15) is 17.8 Å². The normalized spacial score (nSPS) is 19.1. The fourth-order valence-electron chi connectivity index (χ4n) is 2.59. The van der Waals surface area contributed by atoms with Gasteiger partial charge in [-0.2, -0.15) is 0 Å². The van der Waals surface area contributed by atoms with E-state index in [2.05, 4.69) is 20.3 Å². The van der Waals surface area contributed by atoms with Crippen LogP contribution < -0.4 is 5.32 Å². The van der Waals surface area contributed by atoms with E-state index in [4.69, 9.17) is 4.74 Å². The van der Waals surface area contributed by atoms with Crippen LogP contribution in [0.25, 0.3) is 11.0 Å². The summed E-state index contributed by atoms with van der Waals surface area (Å²) in [6, 6.07) is 2.00. The largest absolute Gasteiger partial charge is 0.378 e. The number of hydrogen-bond donors (Lipinski definition) is 2. The van der Waals surface area contributed by atoms with E-state index in [1.54, 1.807) is 6.33 Å². The molecule has 0 unspecified atom stereocenters. The molecule has 5 nitrogen and oxygen atoms in total. The van der Waals surface area contributed by atoms with Gasteiger partial charge in [-0.3, -0.25) is 0 Å². The second-order valence-corrected chi connectivity index (χ2v) is 5.02. The summed E-state index contributed by atoms with van der Waals surface area (Å²) in [6.07, 6.45) is 10.0. The lowest BCUT2D eigenvalue weighted by atomic mass is 10.1. The molecule has 1 fully saturated rings. The van der Waals surface area contributed by atoms with Gasteiger partial charge in [-0.25, -0.2) is 9.97 Å². The van der Waals surface area contributed by atoms with Crippen LogP contribution in [-0.4, -0.2) is 34.2 Å². The van der Waals surface area contributed by atoms with E-state index in [9.17, 15) is 0 Å². The number of nitrogens with zero attached hydrogens (tertiary/aromatic N) is 2. The van der Waals surface area contributed by atoms with Crippen LogP contribution in [-0.2, 0) is 4.74 Å². The highest BCUT2D eigenvalue weighted by Crippen LogP contribution is 2.19. The summed E-state index contributed by atoms with van der Waals surface area (Å²) in [6.45, 7) is 1.90. The number of aromatic nitrogens is 3. The predicted octanol–water partition coefficient (Wildman–Crippen LogP) is 2.72. The number of unbranched alkanes of at least 4 members (excludes halogenated alkanes) is 1. The summed E-state index contributed by atoms with van der Waals surface area (Å²) in [5, 5.41) is 4.44. The molecule has 102 valence electrons. The highest BCUT2D eigenvalue weighted by molar-refractivity contribution is 5.86. The van der Waals surface area contributed by atoms with Gasteiger partial charge in [-0.1, -0.05) is 0 Å². The fourth-order valence-corrected chi connectivity index (χ4v) is 2.59. The van der Waals surface area contributed by atoms with Crippen LogP contribution in [0, 0.1) is 0 Å². The third-order valence-electron chi connectivity index (χ3n) is 3.62. The maximum absolute atomic E-state index is 5.62. The fraction of sp³-hybridized carbons (Fsp3) is 0.571. The molecule has 0 radical (unpaired) electrons. The highest BCUT2D eigenvalue weighted by Gasteiger charge is 2.14. The standard InChI is InChI=1S/C14H20N4O/c1(4-11-5-3-9-19-11)2-7-15-13-12-6-8-16-14(12)18-10-17-13/h6,8,10-11H,1-5,7,9H2,(H2,15,16,17,18)/t11-/m0/s1. The summed E-state index contributed by atoms with van der Waals surface area (Å²) in [4.78, 5) is 11.6. The third-order valence-corrected chi connectivity index (χ3v) is 3.62. The van der Waals surface area contributed by atoms with Crippen molar-refractivity contribution in [1.29, 1.82) is 0 Å². The molecular formula is C14H20N4O. The van der Waals surface area contributed by atoms with Crippen molar-refractivity contribution < 1.29 is 4.74 Å². The van der Waals surface area contributed by atoms with Crippen molar-refractivity contribution in [3.8, 4) is 0 Å². The molecule has 19 heavy (non-hydrogen) atoms. The third kappa shape index (κ3) is 3.04. The number of aromatic amines is 1. The molecule has 3 heterocycles. The zero-order valence-electron chi connectivity index (χ0n) is 11.1. The van der Waals surface area contributed by atoms with Gasteiger partial charge < -0.3 is 15.0 Å². The maximum atomic E-state index is 5.62. The van der Waals surface area contributed by atoms with Gasteiger partial charge in [-0.05, 0) is 38.2 Å². The minimum atomic E-state index is 0.510. The molecule has 1 atom stereocenters. The van der Waals surface area contributed by atoms with Crippen LogP contribution in [0.1, 0.15) is 32.1 Å². The van der Waals surface area contributed by atoms with Crippen molar-refractivity contribution in [2.45, 2.75) is 38.2 Å². The monoisotopic (exact) mass is 260 g/mol. The van der Waals surface area contributed by atoms with E-state index in [1.165, 1.54) is 25.7 Å². The summed E-state index contributed by atoms with van der Waals surface area (Å²) in [5.74, 6) is 0.920. The molecule has 0 aliphatic carbocycles. The Labute approximate surface area is 112 Å². The van der Waals surface area contributed by atoms with Crippen molar-refractivity contribution in [3.05, 3.63) is 18.6 Å². The summed E-state index contributed by atoms with van der Waals surface area (Å²) in [7, 11) is 0. The van der Waals surface area contributed by atoms with Crippen molar-refractivity contribution in [1.82, 2.24) is 15.0 Å². The number of nitrogens with one attached hydrogen (secondary N) is 2. The van der Waals surface area contributed by atoms with Gasteiger partial charge in [0.2, 0.25) is 0 Å². The van der Waals surface area contributed by atoms with Gasteiger partial charge in [-0.15, -0.1) is 0 Å². The average molecular weight is 260 g/mol. The average Bonchev–Trinajstić information content (AvgIpc) is 3.09. The molecule has 1 aliphatic rings. The molecule has 2 aromatic heterocycles. The zero-order valence-corrected chi connectivity index (χ0v) is 11.1. The smallest absolute Gasteiger partial charge is 0.142 e. The first-order valence-electron chi connectivity index (χ1n) is 7.07. The number of anilines is 1. The highest BCUT2D eigenvalue weighted by atomic mass is 16.5. The molecule has 0 saturated carbocycles. The second-order valence-electron chi connectivity index (χ2n) is 5.02. The molecule has 1 aliphatic heterocycles. The van der Waals surface area contributed by atoms with E-state index < -0.39 is 0 Å². The van der Waals surface area contributed by atoms with E-state index >= 15 is 0 Å². The quantitative estimate of drug-likeness (QED) is 0.784. The minimum absolute atomic E-state index is 0.510. The van der Waals surface area contributed by atoms with E-state index in [1.807, 2.05) is 12.3 Å². The van der Waals surface area contributed by atoms with Crippen molar-refractivity contribution >= 4 is 16.9 Å². The SMILES string of the molecule is c1nc(NCCCC[C@H]2CCCO2)c2cc[nH]c2n1. The predicted molar refractivity (Wildman–Crippen MR) is 75.2 cm³/mol. The number of ether oxygens (including phenoxy) is 1. The van der Waals surface area contributed by atoms with Gasteiger partial charge in [0, 0.05) is 19.3 Å². The molecule has 0 aromatic carbocycles. The van der Waals surface area contributed by atoms with E-state index in [0.717, 1.165) is 36.4 Å². The maximum Gasteiger partial charge on any atom is 0.142 e. The van der Waals surface area contributed by atoms with E-state index in [0.29, 0.717) is 6.10 Å². The molecule has 1 saturated heterocycles. The van der Waals surface area contributed by atoms with Crippen molar-refractivity contribution in [3.63, 3.8) is 0 Å². The van der Waals surface area contributed by atoms with Crippen LogP contribution in [0.4, 0.5) is 5.82 Å². The first kappa shape index (κ1) is 12.4. The molecule has 3 rings (SSSR count). The second kappa shape index (κ2) is 6.02. The van der Waals surface area contributed by atoms with Crippen LogP contribution in [0.3, 0.4) is 0 Å². The van der Waals surface area contributed by atoms with Crippen LogP contribution in [0.5, 0.6) is 0 Å².